The zero-order valence-electron chi connectivity index (χ0n) is 7.31. The van der Waals surface area contributed by atoms with Gasteiger partial charge in [-0.05, 0) is 12.5 Å². The van der Waals surface area contributed by atoms with Crippen molar-refractivity contribution in [2.75, 3.05) is 0 Å². The van der Waals surface area contributed by atoms with Gasteiger partial charge in [0.05, 0.1) is 5.56 Å². The van der Waals surface area contributed by atoms with Crippen LogP contribution in [0.15, 0.2) is 6.07 Å². The fourth-order valence-electron chi connectivity index (χ4n) is 1.22. The zero-order chi connectivity index (χ0) is 10.9. The molecule has 1 aromatic carbocycles. The third-order valence-electron chi connectivity index (χ3n) is 1.92. The van der Waals surface area contributed by atoms with Crippen LogP contribution in [-0.2, 0) is 0 Å². The molecule has 5 nitrogen and oxygen atoms in total. The summed E-state index contributed by atoms with van der Waals surface area (Å²) >= 11 is 0. The van der Waals surface area contributed by atoms with Crippen molar-refractivity contribution in [3.63, 3.8) is 0 Å². The first-order chi connectivity index (χ1) is 6.49. The van der Waals surface area contributed by atoms with E-state index in [9.17, 15) is 19.8 Å². The molecular weight excluding hydrogens is 188 g/mol. The fourth-order valence-corrected chi connectivity index (χ4v) is 1.22. The van der Waals surface area contributed by atoms with Crippen molar-refractivity contribution in [3.05, 3.63) is 22.8 Å². The summed E-state index contributed by atoms with van der Waals surface area (Å²) in [5.41, 5.74) is -0.449. The molecule has 0 fully saturated rings. The summed E-state index contributed by atoms with van der Waals surface area (Å²) in [6, 6.07) is 0.834. The van der Waals surface area contributed by atoms with Gasteiger partial charge in [-0.2, -0.15) is 0 Å². The summed E-state index contributed by atoms with van der Waals surface area (Å²) in [4.78, 5) is 21.2. The molecule has 0 aromatic heterocycles. The van der Waals surface area contributed by atoms with Gasteiger partial charge >= 0.3 is 5.97 Å². The second-order valence-electron chi connectivity index (χ2n) is 2.75. The molecule has 0 bridgehead atoms. The third kappa shape index (κ3) is 1.39. The Hall–Kier alpha value is -2.04. The number of carbonyl (C=O) groups is 2. The second-order valence-corrected chi connectivity index (χ2v) is 2.75. The molecule has 14 heavy (non-hydrogen) atoms. The number of carboxylic acid groups (broad SMARTS) is 1. The Morgan fingerprint density at radius 1 is 1.36 bits per heavy atom. The number of phenols is 2. The SMILES string of the molecule is Cc1c(C=O)c(O)cc(O)c1C(=O)O. The molecule has 0 heterocycles. The number of aromatic carboxylic acids is 1. The molecule has 0 radical (unpaired) electrons. The molecule has 0 saturated carbocycles. The van der Waals surface area contributed by atoms with Crippen molar-refractivity contribution in [1.82, 2.24) is 0 Å². The quantitative estimate of drug-likeness (QED) is 0.611. The minimum atomic E-state index is -1.34. The van der Waals surface area contributed by atoms with E-state index in [0.717, 1.165) is 6.07 Å². The number of aromatic hydroxyl groups is 2. The van der Waals surface area contributed by atoms with Crippen molar-refractivity contribution in [3.8, 4) is 11.5 Å². The van der Waals surface area contributed by atoms with Gasteiger partial charge in [0.25, 0.3) is 0 Å². The molecule has 1 aromatic rings. The van der Waals surface area contributed by atoms with Crippen molar-refractivity contribution in [2.24, 2.45) is 0 Å². The van der Waals surface area contributed by atoms with Crippen LogP contribution in [0.2, 0.25) is 0 Å². The lowest BCUT2D eigenvalue weighted by molar-refractivity contribution is 0.0693. The largest absolute Gasteiger partial charge is 0.507 e. The molecule has 0 spiro atoms. The van der Waals surface area contributed by atoms with E-state index in [2.05, 4.69) is 0 Å². The molecule has 3 N–H and O–H groups in total. The molecule has 74 valence electrons. The molecule has 0 amide bonds. The summed E-state index contributed by atoms with van der Waals surface area (Å²) in [6.07, 6.45) is 0.344. The minimum absolute atomic E-state index is 0.0463. The number of hydrogen-bond donors (Lipinski definition) is 3. The van der Waals surface area contributed by atoms with Crippen LogP contribution in [-0.4, -0.2) is 27.6 Å². The number of rotatable bonds is 2. The van der Waals surface area contributed by atoms with Gasteiger partial charge in [-0.1, -0.05) is 0 Å². The second kappa shape index (κ2) is 3.37. The van der Waals surface area contributed by atoms with Crippen LogP contribution < -0.4 is 0 Å². The Labute approximate surface area is 79.2 Å². The van der Waals surface area contributed by atoms with E-state index in [4.69, 9.17) is 5.11 Å². The maximum absolute atomic E-state index is 10.7. The van der Waals surface area contributed by atoms with Gasteiger partial charge in [-0.15, -0.1) is 0 Å². The number of aldehydes is 1. The van der Waals surface area contributed by atoms with Gasteiger partial charge in [0, 0.05) is 6.07 Å². The molecule has 0 atom stereocenters. The highest BCUT2D eigenvalue weighted by molar-refractivity contribution is 5.97. The van der Waals surface area contributed by atoms with Crippen LogP contribution in [0.1, 0.15) is 26.3 Å². The van der Waals surface area contributed by atoms with Gasteiger partial charge < -0.3 is 15.3 Å². The minimum Gasteiger partial charge on any atom is -0.507 e. The molecule has 1 rings (SSSR count). The van der Waals surface area contributed by atoms with E-state index in [1.807, 2.05) is 0 Å². The number of benzene rings is 1. The molecule has 0 aliphatic rings. The summed E-state index contributed by atoms with van der Waals surface area (Å²) in [5.74, 6) is -2.33. The average Bonchev–Trinajstić information content (AvgIpc) is 2.02. The van der Waals surface area contributed by atoms with E-state index in [1.54, 1.807) is 0 Å². The monoisotopic (exact) mass is 196 g/mol. The van der Waals surface area contributed by atoms with E-state index in [-0.39, 0.29) is 16.7 Å². The summed E-state index contributed by atoms with van der Waals surface area (Å²) < 4.78 is 0. The Morgan fingerprint density at radius 3 is 2.36 bits per heavy atom. The van der Waals surface area contributed by atoms with Crippen molar-refractivity contribution >= 4 is 12.3 Å². The van der Waals surface area contributed by atoms with Crippen molar-refractivity contribution in [2.45, 2.75) is 6.92 Å². The highest BCUT2D eigenvalue weighted by Gasteiger charge is 2.18. The lowest BCUT2D eigenvalue weighted by atomic mass is 10.0. The van der Waals surface area contributed by atoms with E-state index in [1.165, 1.54) is 6.92 Å². The highest BCUT2D eigenvalue weighted by atomic mass is 16.4. The van der Waals surface area contributed by atoms with Crippen LogP contribution in [0.4, 0.5) is 0 Å². The normalized spacial score (nSPS) is 9.79. The first kappa shape index (κ1) is 10.0. The summed E-state index contributed by atoms with van der Waals surface area (Å²) in [6.45, 7) is 1.34. The van der Waals surface area contributed by atoms with Crippen LogP contribution in [0.5, 0.6) is 11.5 Å². The Morgan fingerprint density at radius 2 is 1.93 bits per heavy atom. The molecule has 0 aliphatic carbocycles. The first-order valence-electron chi connectivity index (χ1n) is 3.73. The molecule has 0 unspecified atom stereocenters. The Kier molecular flexibility index (Phi) is 2.42. The van der Waals surface area contributed by atoms with Gasteiger partial charge in [0.1, 0.15) is 17.1 Å². The van der Waals surface area contributed by atoms with E-state index in [0.29, 0.717) is 6.29 Å². The predicted octanol–water partition coefficient (Wildman–Crippen LogP) is 0.917. The molecule has 0 saturated heterocycles. The maximum atomic E-state index is 10.7. The first-order valence-corrected chi connectivity index (χ1v) is 3.73. The zero-order valence-corrected chi connectivity index (χ0v) is 7.31. The number of phenolic OH excluding ortho intramolecular Hbond substituents is 1. The predicted molar refractivity (Wildman–Crippen MR) is 46.9 cm³/mol. The molecule has 5 heteroatoms. The third-order valence-corrected chi connectivity index (χ3v) is 1.92. The Bertz CT molecular complexity index is 408. The number of carbonyl (C=O) groups excluding carboxylic acids is 1. The number of hydrogen-bond acceptors (Lipinski definition) is 4. The van der Waals surface area contributed by atoms with E-state index >= 15 is 0 Å². The maximum Gasteiger partial charge on any atom is 0.339 e. The van der Waals surface area contributed by atoms with Crippen LogP contribution in [0.25, 0.3) is 0 Å². The highest BCUT2D eigenvalue weighted by Crippen LogP contribution is 2.30. The smallest absolute Gasteiger partial charge is 0.339 e. The number of carboxylic acids is 1. The Balaban J connectivity index is 3.60. The lowest BCUT2D eigenvalue weighted by Gasteiger charge is -2.07. The van der Waals surface area contributed by atoms with Crippen LogP contribution >= 0.6 is 0 Å². The lowest BCUT2D eigenvalue weighted by Crippen LogP contribution is -2.03. The van der Waals surface area contributed by atoms with Crippen LogP contribution in [0, 0.1) is 6.92 Å². The van der Waals surface area contributed by atoms with Crippen LogP contribution in [0.3, 0.4) is 0 Å². The summed E-state index contributed by atoms with van der Waals surface area (Å²) in [7, 11) is 0. The standard InChI is InChI=1S/C9H8O5/c1-4-5(3-10)6(11)2-7(12)8(4)9(13)14/h2-3,11-12H,1H3,(H,13,14). The van der Waals surface area contributed by atoms with Crippen molar-refractivity contribution < 1.29 is 24.9 Å². The van der Waals surface area contributed by atoms with Gasteiger partial charge in [0.15, 0.2) is 6.29 Å². The topological polar surface area (TPSA) is 94.8 Å². The fraction of sp³-hybridized carbons (Fsp3) is 0.111. The van der Waals surface area contributed by atoms with Gasteiger partial charge in [0.2, 0.25) is 0 Å². The van der Waals surface area contributed by atoms with E-state index < -0.39 is 17.5 Å². The van der Waals surface area contributed by atoms with Gasteiger partial charge in [-0.25, -0.2) is 4.79 Å². The molecule has 0 aliphatic heterocycles. The van der Waals surface area contributed by atoms with Gasteiger partial charge in [-0.3, -0.25) is 4.79 Å². The molecular formula is C9H8O5. The summed E-state index contributed by atoms with van der Waals surface area (Å²) in [5, 5.41) is 27.1. The van der Waals surface area contributed by atoms with Crippen molar-refractivity contribution in [1.29, 1.82) is 0 Å². The average molecular weight is 196 g/mol.